The van der Waals surface area contributed by atoms with Crippen molar-refractivity contribution in [3.8, 4) is 5.75 Å². The normalized spacial score (nSPS) is 11.2. The van der Waals surface area contributed by atoms with Crippen LogP contribution in [0.25, 0.3) is 0 Å². The minimum absolute atomic E-state index is 0.203. The Morgan fingerprint density at radius 2 is 1.42 bits per heavy atom. The van der Waals surface area contributed by atoms with Crippen LogP contribution in [0.1, 0.15) is 34.0 Å². The summed E-state index contributed by atoms with van der Waals surface area (Å²) in [6.45, 7) is 0.401. The predicted octanol–water partition coefficient (Wildman–Crippen LogP) is 5.86. The Hall–Kier alpha value is -5.11. The van der Waals surface area contributed by atoms with Crippen LogP contribution in [-0.2, 0) is 11.3 Å². The molecule has 3 amide bonds. The van der Waals surface area contributed by atoms with E-state index in [4.69, 9.17) is 4.74 Å². The first-order valence-electron chi connectivity index (χ1n) is 12.0. The van der Waals surface area contributed by atoms with E-state index in [-0.39, 0.29) is 18.4 Å². The first kappa shape index (κ1) is 26.0. The molecule has 38 heavy (non-hydrogen) atoms. The van der Waals surface area contributed by atoms with E-state index < -0.39 is 12.1 Å². The van der Waals surface area contributed by atoms with E-state index in [1.54, 1.807) is 48.5 Å². The molecule has 0 fully saturated rings. The zero-order valence-electron chi connectivity index (χ0n) is 20.5. The molecule has 8 nitrogen and oxygen atoms in total. The molecule has 0 saturated heterocycles. The Bertz CT molecular complexity index is 1380. The Labute approximate surface area is 220 Å². The monoisotopic (exact) mass is 509 g/mol. The number of carbonyl (C=O) groups is 3. The number of anilines is 2. The first-order valence-corrected chi connectivity index (χ1v) is 12.0. The quantitative estimate of drug-likeness (QED) is 0.214. The van der Waals surface area contributed by atoms with Crippen LogP contribution in [-0.4, -0.2) is 23.0 Å². The number of aliphatic carboxylic acids is 1. The highest BCUT2D eigenvalue weighted by Crippen LogP contribution is 2.27. The summed E-state index contributed by atoms with van der Waals surface area (Å²) in [6, 6.07) is 31.6. The van der Waals surface area contributed by atoms with Gasteiger partial charge in [-0.2, -0.15) is 0 Å². The van der Waals surface area contributed by atoms with E-state index in [9.17, 15) is 19.5 Å². The van der Waals surface area contributed by atoms with E-state index in [2.05, 4.69) is 16.0 Å². The summed E-state index contributed by atoms with van der Waals surface area (Å²) in [5, 5.41) is 17.6. The molecule has 0 radical (unpaired) electrons. The van der Waals surface area contributed by atoms with Crippen molar-refractivity contribution in [3.63, 3.8) is 0 Å². The number of carboxylic acids is 1. The average molecular weight is 510 g/mol. The predicted molar refractivity (Wildman–Crippen MR) is 145 cm³/mol. The molecule has 0 saturated carbocycles. The van der Waals surface area contributed by atoms with Gasteiger partial charge < -0.3 is 25.8 Å². The molecule has 0 heterocycles. The van der Waals surface area contributed by atoms with Crippen molar-refractivity contribution < 1.29 is 24.2 Å². The number of benzene rings is 4. The largest absolute Gasteiger partial charge is 0.485 e. The van der Waals surface area contributed by atoms with Crippen molar-refractivity contribution in [2.24, 2.45) is 0 Å². The molecule has 4 aromatic carbocycles. The van der Waals surface area contributed by atoms with Gasteiger partial charge in [0.15, 0.2) is 0 Å². The van der Waals surface area contributed by atoms with E-state index in [1.165, 1.54) is 0 Å². The number of nitrogens with one attached hydrogen (secondary N) is 3. The summed E-state index contributed by atoms with van der Waals surface area (Å²) in [6.07, 6.45) is -0.879. The van der Waals surface area contributed by atoms with Crippen LogP contribution in [0.2, 0.25) is 0 Å². The third-order valence-corrected chi connectivity index (χ3v) is 5.60. The molecule has 0 bridgehead atoms. The summed E-state index contributed by atoms with van der Waals surface area (Å²) in [5.41, 5.74) is 3.18. The third kappa shape index (κ3) is 7.69. The fraction of sp³-hybridized carbons (Fsp3) is 0.100. The zero-order valence-corrected chi connectivity index (χ0v) is 20.5. The minimum Gasteiger partial charge on any atom is -0.485 e. The average Bonchev–Trinajstić information content (AvgIpc) is 2.93. The number of carbonyl (C=O) groups excluding carboxylic acids is 2. The SMILES string of the molecule is O=C(O)CC(Oc1cccc(NC(=O)c2ccc(NC(=O)NCc3ccccc3)cc2)c1)c1ccccc1. The molecular weight excluding hydrogens is 482 g/mol. The maximum absolute atomic E-state index is 12.8. The highest BCUT2D eigenvalue weighted by molar-refractivity contribution is 6.04. The van der Waals surface area contributed by atoms with Crippen LogP contribution in [0.5, 0.6) is 5.75 Å². The zero-order chi connectivity index (χ0) is 26.7. The van der Waals surface area contributed by atoms with Gasteiger partial charge in [-0.1, -0.05) is 66.7 Å². The topological polar surface area (TPSA) is 117 Å². The molecule has 0 aliphatic heterocycles. The smallest absolute Gasteiger partial charge is 0.319 e. The van der Waals surface area contributed by atoms with Crippen LogP contribution >= 0.6 is 0 Å². The van der Waals surface area contributed by atoms with Crippen LogP contribution < -0.4 is 20.7 Å². The van der Waals surface area contributed by atoms with E-state index in [0.29, 0.717) is 29.2 Å². The summed E-state index contributed by atoms with van der Waals surface area (Å²) in [4.78, 5) is 36.3. The van der Waals surface area contributed by atoms with Gasteiger partial charge in [-0.25, -0.2) is 4.79 Å². The van der Waals surface area contributed by atoms with Gasteiger partial charge in [0.05, 0.1) is 6.42 Å². The number of ether oxygens (including phenoxy) is 1. The number of urea groups is 1. The first-order chi connectivity index (χ1) is 18.5. The van der Waals surface area contributed by atoms with Crippen molar-refractivity contribution in [2.45, 2.75) is 19.1 Å². The minimum atomic E-state index is -0.977. The van der Waals surface area contributed by atoms with Crippen LogP contribution in [0.15, 0.2) is 109 Å². The lowest BCUT2D eigenvalue weighted by molar-refractivity contribution is -0.138. The summed E-state index contributed by atoms with van der Waals surface area (Å²) < 4.78 is 5.96. The van der Waals surface area contributed by atoms with Gasteiger partial charge in [0, 0.05) is 29.5 Å². The van der Waals surface area contributed by atoms with Crippen LogP contribution in [0.3, 0.4) is 0 Å². The molecule has 0 aliphatic carbocycles. The fourth-order valence-electron chi connectivity index (χ4n) is 3.73. The summed E-state index contributed by atoms with van der Waals surface area (Å²) in [7, 11) is 0. The molecule has 4 aromatic rings. The second-order valence-electron chi connectivity index (χ2n) is 8.47. The van der Waals surface area contributed by atoms with E-state index >= 15 is 0 Å². The molecule has 4 N–H and O–H groups in total. The molecule has 0 spiro atoms. The van der Waals surface area contributed by atoms with E-state index in [0.717, 1.165) is 11.1 Å². The van der Waals surface area contributed by atoms with Gasteiger partial charge in [-0.3, -0.25) is 9.59 Å². The van der Waals surface area contributed by atoms with Crippen molar-refractivity contribution in [1.29, 1.82) is 0 Å². The van der Waals surface area contributed by atoms with Gasteiger partial charge >= 0.3 is 12.0 Å². The second-order valence-corrected chi connectivity index (χ2v) is 8.47. The van der Waals surface area contributed by atoms with Crippen molar-refractivity contribution in [2.75, 3.05) is 10.6 Å². The summed E-state index contributed by atoms with van der Waals surface area (Å²) >= 11 is 0. The molecule has 0 aromatic heterocycles. The van der Waals surface area contributed by atoms with Crippen molar-refractivity contribution in [1.82, 2.24) is 5.32 Å². The number of amides is 3. The van der Waals surface area contributed by atoms with Gasteiger partial charge in [0.1, 0.15) is 11.9 Å². The lowest BCUT2D eigenvalue weighted by atomic mass is 10.1. The molecular formula is C30H27N3O5. The van der Waals surface area contributed by atoms with Gasteiger partial charge in [-0.15, -0.1) is 0 Å². The van der Waals surface area contributed by atoms with Gasteiger partial charge in [-0.05, 0) is 47.5 Å². The van der Waals surface area contributed by atoms with Crippen molar-refractivity contribution >= 4 is 29.3 Å². The number of carboxylic acid groups (broad SMARTS) is 1. The standard InChI is InChI=1S/C30H27N3O5/c34-28(35)19-27(22-10-5-2-6-11-22)38-26-13-7-12-25(18-26)32-29(36)23-14-16-24(17-15-23)33-30(37)31-20-21-8-3-1-4-9-21/h1-18,27H,19-20H2,(H,32,36)(H,34,35)(H2,31,33,37). The van der Waals surface area contributed by atoms with Crippen LogP contribution in [0.4, 0.5) is 16.2 Å². The van der Waals surface area contributed by atoms with Crippen molar-refractivity contribution in [3.05, 3.63) is 126 Å². The second kappa shape index (κ2) is 12.7. The highest BCUT2D eigenvalue weighted by Gasteiger charge is 2.18. The van der Waals surface area contributed by atoms with Gasteiger partial charge in [0.25, 0.3) is 5.91 Å². The van der Waals surface area contributed by atoms with E-state index in [1.807, 2.05) is 60.7 Å². The molecule has 8 heteroatoms. The Morgan fingerprint density at radius 1 is 0.737 bits per heavy atom. The molecule has 0 aliphatic rings. The van der Waals surface area contributed by atoms with Crippen LogP contribution in [0, 0.1) is 0 Å². The Kier molecular flexibility index (Phi) is 8.70. The molecule has 1 atom stereocenters. The third-order valence-electron chi connectivity index (χ3n) is 5.60. The molecule has 1 unspecified atom stereocenters. The Morgan fingerprint density at radius 3 is 2.11 bits per heavy atom. The fourth-order valence-corrected chi connectivity index (χ4v) is 3.73. The summed E-state index contributed by atoms with van der Waals surface area (Å²) in [5.74, 6) is -0.888. The number of rotatable bonds is 10. The maximum atomic E-state index is 12.8. The molecule has 4 rings (SSSR count). The highest BCUT2D eigenvalue weighted by atomic mass is 16.5. The molecule has 192 valence electrons. The number of hydrogen-bond donors (Lipinski definition) is 4. The Balaban J connectivity index is 1.34. The number of hydrogen-bond acceptors (Lipinski definition) is 4. The van der Waals surface area contributed by atoms with Gasteiger partial charge in [0.2, 0.25) is 0 Å². The maximum Gasteiger partial charge on any atom is 0.319 e. The lowest BCUT2D eigenvalue weighted by Gasteiger charge is -2.18. The lowest BCUT2D eigenvalue weighted by Crippen LogP contribution is -2.28.